The molecule has 21 heavy (non-hydrogen) atoms. The SMILES string of the molecule is CCCCCC(C)NCCOc1ccc(S(C)(=O)=O)cc1. The third kappa shape index (κ3) is 7.48. The van der Waals surface area contributed by atoms with Gasteiger partial charge in [0.1, 0.15) is 12.4 Å². The van der Waals surface area contributed by atoms with Gasteiger partial charge < -0.3 is 10.1 Å². The van der Waals surface area contributed by atoms with Crippen molar-refractivity contribution in [1.29, 1.82) is 0 Å². The Hall–Kier alpha value is -1.07. The van der Waals surface area contributed by atoms with Gasteiger partial charge in [-0.1, -0.05) is 26.2 Å². The molecule has 4 nitrogen and oxygen atoms in total. The van der Waals surface area contributed by atoms with E-state index in [0.29, 0.717) is 23.3 Å². The molecule has 1 aromatic carbocycles. The molecule has 0 heterocycles. The highest BCUT2D eigenvalue weighted by Crippen LogP contribution is 2.15. The van der Waals surface area contributed by atoms with Crippen molar-refractivity contribution in [3.63, 3.8) is 0 Å². The molecule has 0 aliphatic heterocycles. The predicted octanol–water partition coefficient (Wildman–Crippen LogP) is 3.03. The minimum atomic E-state index is -3.14. The van der Waals surface area contributed by atoms with Gasteiger partial charge in [0.25, 0.3) is 0 Å². The molecule has 0 amide bonds. The van der Waals surface area contributed by atoms with Crippen LogP contribution in [0.5, 0.6) is 5.75 Å². The fourth-order valence-corrected chi connectivity index (χ4v) is 2.69. The van der Waals surface area contributed by atoms with Gasteiger partial charge in [0, 0.05) is 18.8 Å². The number of sulfone groups is 1. The topological polar surface area (TPSA) is 55.4 Å². The van der Waals surface area contributed by atoms with Crippen LogP contribution in [0.25, 0.3) is 0 Å². The third-order valence-electron chi connectivity index (χ3n) is 3.36. The molecule has 5 heteroatoms. The van der Waals surface area contributed by atoms with Gasteiger partial charge in [0.2, 0.25) is 0 Å². The number of unbranched alkanes of at least 4 members (excludes halogenated alkanes) is 2. The van der Waals surface area contributed by atoms with Gasteiger partial charge in [0.15, 0.2) is 9.84 Å². The van der Waals surface area contributed by atoms with Gasteiger partial charge in [0.05, 0.1) is 4.90 Å². The van der Waals surface area contributed by atoms with Gasteiger partial charge in [-0.15, -0.1) is 0 Å². The predicted molar refractivity (Wildman–Crippen MR) is 86.7 cm³/mol. The molecule has 0 aliphatic rings. The van der Waals surface area contributed by atoms with Gasteiger partial charge in [-0.25, -0.2) is 8.42 Å². The van der Waals surface area contributed by atoms with Crippen LogP contribution >= 0.6 is 0 Å². The van der Waals surface area contributed by atoms with Crippen LogP contribution in [0.1, 0.15) is 39.5 Å². The van der Waals surface area contributed by atoms with E-state index in [1.54, 1.807) is 24.3 Å². The minimum Gasteiger partial charge on any atom is -0.492 e. The Balaban J connectivity index is 2.24. The van der Waals surface area contributed by atoms with Crippen LogP contribution < -0.4 is 10.1 Å². The van der Waals surface area contributed by atoms with E-state index in [2.05, 4.69) is 19.2 Å². The van der Waals surface area contributed by atoms with Crippen molar-refractivity contribution in [3.05, 3.63) is 24.3 Å². The Labute approximate surface area is 128 Å². The Bertz CT molecular complexity index is 497. The van der Waals surface area contributed by atoms with Gasteiger partial charge in [-0.05, 0) is 37.6 Å². The summed E-state index contributed by atoms with van der Waals surface area (Å²) in [5.41, 5.74) is 0. The Kier molecular flexibility index (Phi) is 7.75. The number of hydrogen-bond acceptors (Lipinski definition) is 4. The lowest BCUT2D eigenvalue weighted by atomic mass is 10.1. The number of rotatable bonds is 10. The molecule has 0 saturated heterocycles. The molecule has 1 aromatic rings. The quantitative estimate of drug-likeness (QED) is 0.675. The zero-order chi connectivity index (χ0) is 15.7. The largest absolute Gasteiger partial charge is 0.492 e. The lowest BCUT2D eigenvalue weighted by Gasteiger charge is -2.14. The average Bonchev–Trinajstić information content (AvgIpc) is 2.43. The Morgan fingerprint density at radius 1 is 1.19 bits per heavy atom. The fourth-order valence-electron chi connectivity index (χ4n) is 2.06. The van der Waals surface area contributed by atoms with E-state index in [0.717, 1.165) is 6.54 Å². The summed E-state index contributed by atoms with van der Waals surface area (Å²) in [5.74, 6) is 0.697. The minimum absolute atomic E-state index is 0.317. The second-order valence-corrected chi connectivity index (χ2v) is 7.46. The summed E-state index contributed by atoms with van der Waals surface area (Å²) >= 11 is 0. The van der Waals surface area contributed by atoms with Gasteiger partial charge in [-0.2, -0.15) is 0 Å². The summed E-state index contributed by atoms with van der Waals surface area (Å²) in [4.78, 5) is 0.317. The summed E-state index contributed by atoms with van der Waals surface area (Å²) < 4.78 is 28.3. The molecule has 1 N–H and O–H groups in total. The molecule has 1 atom stereocenters. The molecule has 1 unspecified atom stereocenters. The van der Waals surface area contributed by atoms with E-state index in [4.69, 9.17) is 4.74 Å². The van der Waals surface area contributed by atoms with Crippen molar-refractivity contribution in [2.75, 3.05) is 19.4 Å². The normalized spacial score (nSPS) is 13.1. The zero-order valence-corrected chi connectivity index (χ0v) is 14.1. The van der Waals surface area contributed by atoms with Crippen molar-refractivity contribution < 1.29 is 13.2 Å². The molecule has 0 saturated carbocycles. The number of benzene rings is 1. The van der Waals surface area contributed by atoms with Crippen molar-refractivity contribution in [2.45, 2.75) is 50.5 Å². The maximum Gasteiger partial charge on any atom is 0.175 e. The van der Waals surface area contributed by atoms with E-state index >= 15 is 0 Å². The Morgan fingerprint density at radius 3 is 2.43 bits per heavy atom. The van der Waals surface area contributed by atoms with Crippen molar-refractivity contribution in [1.82, 2.24) is 5.32 Å². The molecular weight excluding hydrogens is 286 g/mol. The van der Waals surface area contributed by atoms with Crippen LogP contribution in [0.4, 0.5) is 0 Å². The zero-order valence-electron chi connectivity index (χ0n) is 13.3. The van der Waals surface area contributed by atoms with Crippen LogP contribution in [-0.2, 0) is 9.84 Å². The third-order valence-corrected chi connectivity index (χ3v) is 4.48. The lowest BCUT2D eigenvalue weighted by Crippen LogP contribution is -2.30. The van der Waals surface area contributed by atoms with Crippen LogP contribution in [0.15, 0.2) is 29.2 Å². The van der Waals surface area contributed by atoms with Crippen molar-refractivity contribution in [2.24, 2.45) is 0 Å². The standard InChI is InChI=1S/C16H27NO3S/c1-4-5-6-7-14(2)17-12-13-20-15-8-10-16(11-9-15)21(3,18)19/h8-11,14,17H,4-7,12-13H2,1-3H3. The van der Waals surface area contributed by atoms with Crippen LogP contribution in [0.2, 0.25) is 0 Å². The average molecular weight is 313 g/mol. The first-order valence-corrected chi connectivity index (χ1v) is 9.49. The van der Waals surface area contributed by atoms with Crippen LogP contribution in [0, 0.1) is 0 Å². The maximum absolute atomic E-state index is 11.3. The summed E-state index contributed by atoms with van der Waals surface area (Å²) in [6, 6.07) is 7.05. The summed E-state index contributed by atoms with van der Waals surface area (Å²) in [5, 5.41) is 3.43. The van der Waals surface area contributed by atoms with E-state index in [1.807, 2.05) is 0 Å². The second-order valence-electron chi connectivity index (χ2n) is 5.44. The fraction of sp³-hybridized carbons (Fsp3) is 0.625. The number of nitrogens with one attached hydrogen (secondary N) is 1. The van der Waals surface area contributed by atoms with Gasteiger partial charge >= 0.3 is 0 Å². The van der Waals surface area contributed by atoms with E-state index in [1.165, 1.54) is 31.9 Å². The number of ether oxygens (including phenoxy) is 1. The molecule has 0 spiro atoms. The highest BCUT2D eigenvalue weighted by atomic mass is 32.2. The molecule has 0 aliphatic carbocycles. The molecule has 0 bridgehead atoms. The van der Waals surface area contributed by atoms with Crippen LogP contribution in [-0.4, -0.2) is 33.9 Å². The summed E-state index contributed by atoms with van der Waals surface area (Å²) in [6.45, 7) is 5.77. The highest BCUT2D eigenvalue weighted by Gasteiger charge is 2.06. The first-order valence-electron chi connectivity index (χ1n) is 7.59. The van der Waals surface area contributed by atoms with Crippen LogP contribution in [0.3, 0.4) is 0 Å². The van der Waals surface area contributed by atoms with Gasteiger partial charge in [-0.3, -0.25) is 0 Å². The summed E-state index contributed by atoms with van der Waals surface area (Å²) in [7, 11) is -3.14. The lowest BCUT2D eigenvalue weighted by molar-refractivity contribution is 0.304. The monoisotopic (exact) mass is 313 g/mol. The van der Waals surface area contributed by atoms with Crippen molar-refractivity contribution >= 4 is 9.84 Å². The molecule has 120 valence electrons. The highest BCUT2D eigenvalue weighted by molar-refractivity contribution is 7.90. The molecule has 1 rings (SSSR count). The first-order chi connectivity index (χ1) is 9.93. The Morgan fingerprint density at radius 2 is 1.86 bits per heavy atom. The van der Waals surface area contributed by atoms with Crippen molar-refractivity contribution in [3.8, 4) is 5.75 Å². The first kappa shape index (κ1) is 18.0. The van der Waals surface area contributed by atoms with E-state index < -0.39 is 9.84 Å². The molecule has 0 aromatic heterocycles. The second kappa shape index (κ2) is 9.05. The molecule has 0 fully saturated rings. The summed E-state index contributed by atoms with van der Waals surface area (Å²) in [6.07, 6.45) is 6.19. The molecule has 0 radical (unpaired) electrons. The maximum atomic E-state index is 11.3. The van der Waals surface area contributed by atoms with E-state index in [-0.39, 0.29) is 0 Å². The molecular formula is C16H27NO3S. The number of hydrogen-bond donors (Lipinski definition) is 1. The smallest absolute Gasteiger partial charge is 0.175 e. The van der Waals surface area contributed by atoms with E-state index in [9.17, 15) is 8.42 Å².